The SMILES string of the molecule is N=C1C(NC=O)C(=O)N2CCN=C2N1Cc1ccc(Cl)cc1. The number of aliphatic imine (C=N–C) groups is 1. The van der Waals surface area contributed by atoms with Gasteiger partial charge in [0, 0.05) is 11.6 Å². The number of carbonyl (C=O) groups excluding carboxylic acids is 2. The molecule has 1 unspecified atom stereocenters. The van der Waals surface area contributed by atoms with Crippen LogP contribution in [0.5, 0.6) is 0 Å². The first kappa shape index (κ1) is 14.5. The van der Waals surface area contributed by atoms with Crippen molar-refractivity contribution in [2.45, 2.75) is 12.6 Å². The molecule has 2 aliphatic rings. The molecular formula is C14H14ClN5O2. The molecule has 0 aliphatic carbocycles. The number of benzene rings is 1. The number of carbonyl (C=O) groups is 2. The summed E-state index contributed by atoms with van der Waals surface area (Å²) in [6, 6.07) is 6.28. The number of halogens is 1. The minimum absolute atomic E-state index is 0.0175. The number of amidine groups is 1. The zero-order valence-corrected chi connectivity index (χ0v) is 12.4. The van der Waals surface area contributed by atoms with Crippen LogP contribution in [-0.2, 0) is 16.1 Å². The third kappa shape index (κ3) is 2.43. The number of fused-ring (bicyclic) bond motifs is 1. The van der Waals surface area contributed by atoms with Gasteiger partial charge in [-0.15, -0.1) is 0 Å². The highest BCUT2D eigenvalue weighted by molar-refractivity contribution is 6.30. The van der Waals surface area contributed by atoms with E-state index in [4.69, 9.17) is 17.0 Å². The van der Waals surface area contributed by atoms with E-state index in [0.29, 0.717) is 37.0 Å². The molecule has 2 amide bonds. The van der Waals surface area contributed by atoms with Crippen LogP contribution in [0, 0.1) is 5.41 Å². The standard InChI is InChI=1S/C14H14ClN5O2/c15-10-3-1-9(2-4-10)7-20-12(16)11(18-8-21)13(22)19-6-5-17-14(19)20/h1-4,8,11,16H,5-7H2,(H,18,21). The molecule has 1 atom stereocenters. The van der Waals surface area contributed by atoms with E-state index in [1.165, 1.54) is 4.90 Å². The Morgan fingerprint density at radius 2 is 2.14 bits per heavy atom. The van der Waals surface area contributed by atoms with Crippen molar-refractivity contribution in [2.75, 3.05) is 13.1 Å². The van der Waals surface area contributed by atoms with Crippen molar-refractivity contribution < 1.29 is 9.59 Å². The topological polar surface area (TPSA) is 88.9 Å². The predicted molar refractivity (Wildman–Crippen MR) is 81.7 cm³/mol. The van der Waals surface area contributed by atoms with Crippen LogP contribution in [0.3, 0.4) is 0 Å². The maximum Gasteiger partial charge on any atom is 0.259 e. The minimum atomic E-state index is -0.971. The van der Waals surface area contributed by atoms with Crippen LogP contribution in [0.25, 0.3) is 0 Å². The Hall–Kier alpha value is -2.41. The Labute approximate surface area is 132 Å². The Morgan fingerprint density at radius 1 is 1.41 bits per heavy atom. The first-order chi connectivity index (χ1) is 10.6. The molecule has 1 aromatic rings. The van der Waals surface area contributed by atoms with E-state index in [1.54, 1.807) is 17.0 Å². The molecule has 1 saturated heterocycles. The molecule has 114 valence electrons. The summed E-state index contributed by atoms with van der Waals surface area (Å²) in [5.74, 6) is 0.165. The van der Waals surface area contributed by atoms with E-state index >= 15 is 0 Å². The molecular weight excluding hydrogens is 306 g/mol. The van der Waals surface area contributed by atoms with E-state index < -0.39 is 6.04 Å². The summed E-state index contributed by atoms with van der Waals surface area (Å²) in [6.07, 6.45) is 0.440. The summed E-state index contributed by atoms with van der Waals surface area (Å²) in [6.45, 7) is 1.35. The first-order valence-corrected chi connectivity index (χ1v) is 7.15. The van der Waals surface area contributed by atoms with E-state index in [-0.39, 0.29) is 11.7 Å². The molecule has 2 heterocycles. The molecule has 22 heavy (non-hydrogen) atoms. The predicted octanol–water partition coefficient (Wildman–Crippen LogP) is 0.446. The van der Waals surface area contributed by atoms with Gasteiger partial charge >= 0.3 is 0 Å². The van der Waals surface area contributed by atoms with Crippen molar-refractivity contribution in [3.63, 3.8) is 0 Å². The van der Waals surface area contributed by atoms with Gasteiger partial charge in [-0.1, -0.05) is 23.7 Å². The number of hydrogen-bond acceptors (Lipinski definition) is 4. The Bertz CT molecular complexity index is 658. The molecule has 0 spiro atoms. The zero-order chi connectivity index (χ0) is 15.7. The molecule has 3 rings (SSSR count). The summed E-state index contributed by atoms with van der Waals surface area (Å²) in [5, 5.41) is 11.3. The van der Waals surface area contributed by atoms with Gasteiger partial charge in [0.1, 0.15) is 5.84 Å². The van der Waals surface area contributed by atoms with Crippen molar-refractivity contribution in [1.82, 2.24) is 15.1 Å². The van der Waals surface area contributed by atoms with Crippen LogP contribution in [0.2, 0.25) is 5.02 Å². The lowest BCUT2D eigenvalue weighted by atomic mass is 10.1. The van der Waals surface area contributed by atoms with Crippen LogP contribution in [0.4, 0.5) is 0 Å². The molecule has 2 N–H and O–H groups in total. The van der Waals surface area contributed by atoms with Crippen molar-refractivity contribution in [3.8, 4) is 0 Å². The lowest BCUT2D eigenvalue weighted by molar-refractivity contribution is -0.130. The van der Waals surface area contributed by atoms with Crippen LogP contribution < -0.4 is 5.32 Å². The Morgan fingerprint density at radius 3 is 2.82 bits per heavy atom. The van der Waals surface area contributed by atoms with Gasteiger partial charge < -0.3 is 5.32 Å². The molecule has 2 aliphatic heterocycles. The Kier molecular flexibility index (Phi) is 3.81. The summed E-state index contributed by atoms with van der Waals surface area (Å²) in [7, 11) is 0. The van der Waals surface area contributed by atoms with Gasteiger partial charge in [0.15, 0.2) is 6.04 Å². The zero-order valence-electron chi connectivity index (χ0n) is 11.6. The molecule has 1 aromatic carbocycles. The molecule has 0 bridgehead atoms. The van der Waals surface area contributed by atoms with Gasteiger partial charge in [0.2, 0.25) is 12.4 Å². The number of nitrogens with zero attached hydrogens (tertiary/aromatic N) is 3. The highest BCUT2D eigenvalue weighted by atomic mass is 35.5. The summed E-state index contributed by atoms with van der Waals surface area (Å²) >= 11 is 5.87. The lowest BCUT2D eigenvalue weighted by Gasteiger charge is -2.38. The molecule has 0 saturated carbocycles. The second kappa shape index (κ2) is 5.76. The number of amides is 2. The second-order valence-electron chi connectivity index (χ2n) is 4.99. The second-order valence-corrected chi connectivity index (χ2v) is 5.42. The van der Waals surface area contributed by atoms with Gasteiger partial charge in [0.05, 0.1) is 13.1 Å². The molecule has 1 fully saturated rings. The third-order valence-corrected chi connectivity index (χ3v) is 3.88. The van der Waals surface area contributed by atoms with Crippen LogP contribution >= 0.6 is 11.6 Å². The highest BCUT2D eigenvalue weighted by Gasteiger charge is 2.43. The van der Waals surface area contributed by atoms with Gasteiger partial charge in [-0.05, 0) is 17.7 Å². The molecule has 0 radical (unpaired) electrons. The van der Waals surface area contributed by atoms with Gasteiger partial charge in [-0.2, -0.15) is 0 Å². The molecule has 8 heteroatoms. The van der Waals surface area contributed by atoms with Crippen molar-refractivity contribution in [2.24, 2.45) is 4.99 Å². The van der Waals surface area contributed by atoms with Gasteiger partial charge in [0.25, 0.3) is 5.91 Å². The fraction of sp³-hybridized carbons (Fsp3) is 0.286. The number of hydrogen-bond donors (Lipinski definition) is 2. The molecule has 7 nitrogen and oxygen atoms in total. The monoisotopic (exact) mass is 319 g/mol. The fourth-order valence-corrected chi connectivity index (χ4v) is 2.68. The van der Waals surface area contributed by atoms with Crippen LogP contribution in [-0.4, -0.2) is 53.0 Å². The maximum absolute atomic E-state index is 12.3. The van der Waals surface area contributed by atoms with E-state index in [0.717, 1.165) is 5.56 Å². The Balaban J connectivity index is 1.90. The molecule has 0 aromatic heterocycles. The summed E-state index contributed by atoms with van der Waals surface area (Å²) in [5.41, 5.74) is 0.933. The van der Waals surface area contributed by atoms with Gasteiger partial charge in [-0.25, -0.2) is 0 Å². The number of rotatable bonds is 4. The van der Waals surface area contributed by atoms with Crippen molar-refractivity contribution >= 4 is 35.7 Å². The van der Waals surface area contributed by atoms with E-state index in [1.807, 2.05) is 12.1 Å². The van der Waals surface area contributed by atoms with E-state index in [9.17, 15) is 9.59 Å². The average molecular weight is 320 g/mol. The van der Waals surface area contributed by atoms with Crippen LogP contribution in [0.1, 0.15) is 5.56 Å². The summed E-state index contributed by atoms with van der Waals surface area (Å²) < 4.78 is 0. The number of nitrogens with one attached hydrogen (secondary N) is 2. The minimum Gasteiger partial charge on any atom is -0.341 e. The quantitative estimate of drug-likeness (QED) is 0.789. The van der Waals surface area contributed by atoms with Crippen molar-refractivity contribution in [1.29, 1.82) is 5.41 Å². The van der Waals surface area contributed by atoms with Crippen LogP contribution in [0.15, 0.2) is 29.3 Å². The lowest BCUT2D eigenvalue weighted by Crippen LogP contribution is -2.64. The highest BCUT2D eigenvalue weighted by Crippen LogP contribution is 2.20. The summed E-state index contributed by atoms with van der Waals surface area (Å²) in [4.78, 5) is 30.5. The third-order valence-electron chi connectivity index (χ3n) is 3.63. The normalized spacial score (nSPS) is 20.8. The average Bonchev–Trinajstić information content (AvgIpc) is 2.99. The fourth-order valence-electron chi connectivity index (χ4n) is 2.56. The maximum atomic E-state index is 12.3. The smallest absolute Gasteiger partial charge is 0.259 e. The van der Waals surface area contributed by atoms with Crippen molar-refractivity contribution in [3.05, 3.63) is 34.9 Å². The van der Waals surface area contributed by atoms with E-state index in [2.05, 4.69) is 10.3 Å². The first-order valence-electron chi connectivity index (χ1n) is 6.78. The largest absolute Gasteiger partial charge is 0.341 e. The number of guanidine groups is 1. The van der Waals surface area contributed by atoms with Gasteiger partial charge in [-0.3, -0.25) is 29.8 Å².